The Hall–Kier alpha value is -0.800. The molecule has 4 heteroatoms. The summed E-state index contributed by atoms with van der Waals surface area (Å²) in [5.74, 6) is 1.52. The predicted octanol–water partition coefficient (Wildman–Crippen LogP) is 3.52. The second-order valence-electron chi connectivity index (χ2n) is 6.53. The highest BCUT2D eigenvalue weighted by atomic mass is 35.5. The second kappa shape index (κ2) is 4.95. The van der Waals surface area contributed by atoms with Crippen LogP contribution in [-0.4, -0.2) is 29.3 Å². The molecule has 1 aliphatic heterocycles. The maximum atomic E-state index is 6.10. The molecular weight excluding hydrogens is 260 g/mol. The third-order valence-electron chi connectivity index (χ3n) is 3.34. The zero-order chi connectivity index (χ0) is 14.3. The third kappa shape index (κ3) is 3.40. The van der Waals surface area contributed by atoms with E-state index >= 15 is 0 Å². The molecule has 0 unspecified atom stereocenters. The summed E-state index contributed by atoms with van der Waals surface area (Å²) in [5, 5.41) is 0. The molecule has 0 aromatic carbocycles. The highest BCUT2D eigenvalue weighted by Crippen LogP contribution is 2.31. The zero-order valence-corrected chi connectivity index (χ0v) is 13.2. The summed E-state index contributed by atoms with van der Waals surface area (Å²) in [7, 11) is 0. The molecule has 3 nitrogen and oxygen atoms in total. The summed E-state index contributed by atoms with van der Waals surface area (Å²) in [5.41, 5.74) is 1.78. The van der Waals surface area contributed by atoms with Crippen molar-refractivity contribution >= 4 is 17.4 Å². The van der Waals surface area contributed by atoms with Crippen molar-refractivity contribution in [2.45, 2.75) is 51.7 Å². The number of morpholine rings is 1. The standard InChI is InChI=1S/C15H23ClN2O/c1-11-12(8-16)6-7-13(17-11)18-9-14(2,3)19-15(4,5)10-18/h6-7H,8-10H2,1-5H3. The van der Waals surface area contributed by atoms with E-state index in [4.69, 9.17) is 16.3 Å². The van der Waals surface area contributed by atoms with Crippen molar-refractivity contribution in [3.05, 3.63) is 23.4 Å². The number of hydrogen-bond acceptors (Lipinski definition) is 3. The van der Waals surface area contributed by atoms with Gasteiger partial charge in [0.15, 0.2) is 0 Å². The van der Waals surface area contributed by atoms with Gasteiger partial charge < -0.3 is 9.64 Å². The molecule has 1 saturated heterocycles. The Balaban J connectivity index is 2.28. The molecule has 1 fully saturated rings. The summed E-state index contributed by atoms with van der Waals surface area (Å²) >= 11 is 5.89. The van der Waals surface area contributed by atoms with E-state index in [-0.39, 0.29) is 11.2 Å². The van der Waals surface area contributed by atoms with Crippen molar-refractivity contribution < 1.29 is 4.74 Å². The van der Waals surface area contributed by atoms with E-state index in [0.717, 1.165) is 30.2 Å². The van der Waals surface area contributed by atoms with Crippen LogP contribution >= 0.6 is 11.6 Å². The quantitative estimate of drug-likeness (QED) is 0.776. The van der Waals surface area contributed by atoms with E-state index in [1.807, 2.05) is 6.92 Å². The van der Waals surface area contributed by atoms with E-state index in [9.17, 15) is 0 Å². The zero-order valence-electron chi connectivity index (χ0n) is 12.5. The lowest BCUT2D eigenvalue weighted by Crippen LogP contribution is -2.57. The van der Waals surface area contributed by atoms with Crippen molar-refractivity contribution in [2.75, 3.05) is 18.0 Å². The Morgan fingerprint density at radius 1 is 1.21 bits per heavy atom. The smallest absolute Gasteiger partial charge is 0.129 e. The lowest BCUT2D eigenvalue weighted by molar-refractivity contribution is -0.133. The first kappa shape index (κ1) is 14.6. The molecule has 0 spiro atoms. The van der Waals surface area contributed by atoms with Gasteiger partial charge in [-0.2, -0.15) is 0 Å². The summed E-state index contributed by atoms with van der Waals surface area (Å²) < 4.78 is 6.10. The second-order valence-corrected chi connectivity index (χ2v) is 6.79. The molecule has 0 aliphatic carbocycles. The van der Waals surface area contributed by atoms with Crippen LogP contribution in [0.1, 0.15) is 39.0 Å². The number of aryl methyl sites for hydroxylation is 1. The van der Waals surface area contributed by atoms with Gasteiger partial charge in [-0.1, -0.05) is 6.07 Å². The lowest BCUT2D eigenvalue weighted by Gasteiger charge is -2.47. The van der Waals surface area contributed by atoms with Crippen LogP contribution in [-0.2, 0) is 10.6 Å². The molecule has 106 valence electrons. The highest BCUT2D eigenvalue weighted by Gasteiger charge is 2.38. The number of ether oxygens (including phenoxy) is 1. The van der Waals surface area contributed by atoms with Crippen molar-refractivity contribution in [2.24, 2.45) is 0 Å². The van der Waals surface area contributed by atoms with Crippen LogP contribution in [0.15, 0.2) is 12.1 Å². The van der Waals surface area contributed by atoms with Gasteiger partial charge in [-0.3, -0.25) is 0 Å². The Bertz CT molecular complexity index is 455. The van der Waals surface area contributed by atoms with E-state index in [2.05, 4.69) is 49.7 Å². The molecule has 0 amide bonds. The number of alkyl halides is 1. The van der Waals surface area contributed by atoms with E-state index < -0.39 is 0 Å². The largest absolute Gasteiger partial charge is 0.366 e. The first-order valence-electron chi connectivity index (χ1n) is 6.70. The van der Waals surface area contributed by atoms with Crippen molar-refractivity contribution in [1.82, 2.24) is 4.98 Å². The summed E-state index contributed by atoms with van der Waals surface area (Å²) in [6.45, 7) is 12.2. The van der Waals surface area contributed by atoms with Gasteiger partial charge in [-0.15, -0.1) is 11.6 Å². The van der Waals surface area contributed by atoms with E-state index in [1.54, 1.807) is 0 Å². The van der Waals surface area contributed by atoms with Crippen LogP contribution in [0.5, 0.6) is 0 Å². The number of halogens is 1. The summed E-state index contributed by atoms with van der Waals surface area (Å²) in [4.78, 5) is 6.98. The van der Waals surface area contributed by atoms with Gasteiger partial charge in [0.05, 0.1) is 11.2 Å². The van der Waals surface area contributed by atoms with Crippen molar-refractivity contribution in [3.63, 3.8) is 0 Å². The molecule has 0 bridgehead atoms. The molecule has 0 radical (unpaired) electrons. The molecule has 0 atom stereocenters. The molecule has 1 aromatic heterocycles. The summed E-state index contributed by atoms with van der Waals surface area (Å²) in [6, 6.07) is 4.13. The number of rotatable bonds is 2. The average Bonchev–Trinajstić information content (AvgIpc) is 2.24. The summed E-state index contributed by atoms with van der Waals surface area (Å²) in [6.07, 6.45) is 0. The van der Waals surface area contributed by atoms with Crippen LogP contribution in [0.2, 0.25) is 0 Å². The molecule has 2 rings (SSSR count). The molecule has 1 aliphatic rings. The van der Waals surface area contributed by atoms with Crippen molar-refractivity contribution in [1.29, 1.82) is 0 Å². The number of nitrogens with zero attached hydrogens (tertiary/aromatic N) is 2. The van der Waals surface area contributed by atoms with E-state index in [0.29, 0.717) is 5.88 Å². The monoisotopic (exact) mass is 282 g/mol. The Morgan fingerprint density at radius 2 is 1.79 bits per heavy atom. The van der Waals surface area contributed by atoms with Crippen LogP contribution in [0.4, 0.5) is 5.82 Å². The van der Waals surface area contributed by atoms with Crippen LogP contribution in [0.25, 0.3) is 0 Å². The first-order chi connectivity index (χ1) is 8.72. The van der Waals surface area contributed by atoms with Crippen LogP contribution in [0.3, 0.4) is 0 Å². The molecule has 19 heavy (non-hydrogen) atoms. The topological polar surface area (TPSA) is 25.4 Å². The maximum Gasteiger partial charge on any atom is 0.129 e. The number of aromatic nitrogens is 1. The number of hydrogen-bond donors (Lipinski definition) is 0. The van der Waals surface area contributed by atoms with Gasteiger partial charge >= 0.3 is 0 Å². The molecule has 1 aromatic rings. The van der Waals surface area contributed by atoms with Gasteiger partial charge in [-0.25, -0.2) is 4.98 Å². The van der Waals surface area contributed by atoms with Gasteiger partial charge in [0.1, 0.15) is 5.82 Å². The van der Waals surface area contributed by atoms with Gasteiger partial charge in [-0.05, 0) is 46.2 Å². The Kier molecular flexibility index (Phi) is 3.80. The highest BCUT2D eigenvalue weighted by molar-refractivity contribution is 6.17. The molecular formula is C15H23ClN2O. The van der Waals surface area contributed by atoms with Crippen molar-refractivity contribution in [3.8, 4) is 0 Å². The molecule has 2 heterocycles. The van der Waals surface area contributed by atoms with Gasteiger partial charge in [0.25, 0.3) is 0 Å². The SMILES string of the molecule is Cc1nc(N2CC(C)(C)OC(C)(C)C2)ccc1CCl. The fraction of sp³-hybridized carbons (Fsp3) is 0.667. The molecule has 0 saturated carbocycles. The van der Waals surface area contributed by atoms with Crippen LogP contribution < -0.4 is 4.90 Å². The van der Waals surface area contributed by atoms with E-state index in [1.165, 1.54) is 0 Å². The fourth-order valence-electron chi connectivity index (χ4n) is 2.84. The molecule has 0 N–H and O–H groups in total. The number of anilines is 1. The lowest BCUT2D eigenvalue weighted by atomic mass is 9.99. The maximum absolute atomic E-state index is 6.10. The minimum absolute atomic E-state index is 0.164. The Labute approximate surface area is 120 Å². The normalized spacial score (nSPS) is 21.5. The van der Waals surface area contributed by atoms with Gasteiger partial charge in [0.2, 0.25) is 0 Å². The van der Waals surface area contributed by atoms with Gasteiger partial charge in [0, 0.05) is 24.7 Å². The van der Waals surface area contributed by atoms with Crippen LogP contribution in [0, 0.1) is 6.92 Å². The third-order valence-corrected chi connectivity index (χ3v) is 3.63. The fourth-order valence-corrected chi connectivity index (χ4v) is 3.13. The number of pyridine rings is 1. The predicted molar refractivity (Wildman–Crippen MR) is 80.0 cm³/mol. The minimum Gasteiger partial charge on any atom is -0.366 e. The first-order valence-corrected chi connectivity index (χ1v) is 7.23. The minimum atomic E-state index is -0.164. The average molecular weight is 283 g/mol. The Morgan fingerprint density at radius 3 is 2.26 bits per heavy atom.